The maximum Gasteiger partial charge on any atom is 0.257 e. The molecule has 0 fully saturated rings. The lowest BCUT2D eigenvalue weighted by Gasteiger charge is -2.09. The van der Waals surface area contributed by atoms with Crippen molar-refractivity contribution in [3.05, 3.63) is 82.3 Å². The third kappa shape index (κ3) is 4.56. The molecule has 144 valence electrons. The van der Waals surface area contributed by atoms with E-state index < -0.39 is 0 Å². The number of hydrogen-bond donors (Lipinski definition) is 2. The fraction of sp³-hybridized carbons (Fsp3) is 0. The number of thiocarbonyl (C=S) groups is 1. The van der Waals surface area contributed by atoms with E-state index in [1.807, 2.05) is 12.1 Å². The van der Waals surface area contributed by atoms with E-state index in [9.17, 15) is 4.79 Å². The molecule has 1 aromatic heterocycles. The minimum Gasteiger partial charge on any atom is -0.436 e. The molecule has 4 rings (SSSR count). The molecular formula is C21H13Cl2N3O2S. The molecule has 0 spiro atoms. The van der Waals surface area contributed by atoms with Crippen LogP contribution >= 0.6 is 35.4 Å². The van der Waals surface area contributed by atoms with Crippen LogP contribution in [0.25, 0.3) is 22.6 Å². The largest absolute Gasteiger partial charge is 0.436 e. The molecule has 0 saturated carbocycles. The van der Waals surface area contributed by atoms with Crippen molar-refractivity contribution in [3.8, 4) is 11.5 Å². The minimum atomic E-state index is -0.351. The van der Waals surface area contributed by atoms with E-state index >= 15 is 0 Å². The highest BCUT2D eigenvalue weighted by atomic mass is 35.5. The van der Waals surface area contributed by atoms with Crippen LogP contribution in [-0.2, 0) is 0 Å². The number of halogens is 2. The van der Waals surface area contributed by atoms with Gasteiger partial charge in [-0.1, -0.05) is 35.3 Å². The molecule has 3 aromatic carbocycles. The van der Waals surface area contributed by atoms with Crippen LogP contribution in [0.15, 0.2) is 71.1 Å². The molecule has 0 aliphatic heterocycles. The van der Waals surface area contributed by atoms with Crippen LogP contribution in [0, 0.1) is 0 Å². The lowest BCUT2D eigenvalue weighted by Crippen LogP contribution is -2.34. The number of nitrogens with zero attached hydrogens (tertiary/aromatic N) is 1. The van der Waals surface area contributed by atoms with Gasteiger partial charge in [0.2, 0.25) is 5.89 Å². The molecular weight excluding hydrogens is 429 g/mol. The fourth-order valence-electron chi connectivity index (χ4n) is 2.72. The van der Waals surface area contributed by atoms with Crippen LogP contribution in [-0.4, -0.2) is 16.0 Å². The second-order valence-corrected chi connectivity index (χ2v) is 7.41. The van der Waals surface area contributed by atoms with Crippen LogP contribution in [0.5, 0.6) is 0 Å². The number of carbonyl (C=O) groups excluding carboxylic acids is 1. The van der Waals surface area contributed by atoms with Crippen molar-refractivity contribution in [3.63, 3.8) is 0 Å². The number of amides is 1. The zero-order valence-corrected chi connectivity index (χ0v) is 17.1. The van der Waals surface area contributed by atoms with E-state index in [-0.39, 0.29) is 11.0 Å². The Balaban J connectivity index is 1.49. The summed E-state index contributed by atoms with van der Waals surface area (Å²) in [5.74, 6) is 0.118. The first-order valence-electron chi connectivity index (χ1n) is 8.52. The molecule has 0 saturated heterocycles. The number of benzene rings is 3. The van der Waals surface area contributed by atoms with Gasteiger partial charge >= 0.3 is 0 Å². The van der Waals surface area contributed by atoms with E-state index in [2.05, 4.69) is 15.6 Å². The Labute approximate surface area is 181 Å². The lowest BCUT2D eigenvalue weighted by molar-refractivity contribution is 0.0977. The summed E-state index contributed by atoms with van der Waals surface area (Å²) in [7, 11) is 0. The third-order valence-electron chi connectivity index (χ3n) is 4.03. The normalized spacial score (nSPS) is 10.7. The van der Waals surface area contributed by atoms with Gasteiger partial charge in [0, 0.05) is 26.9 Å². The quantitative estimate of drug-likeness (QED) is 0.385. The molecule has 2 N–H and O–H groups in total. The summed E-state index contributed by atoms with van der Waals surface area (Å²) in [6, 6.07) is 19.2. The van der Waals surface area contributed by atoms with Crippen LogP contribution in [0.1, 0.15) is 10.4 Å². The SMILES string of the molecule is O=C(NC(=S)Nc1ccc2oc(-c3cccc(Cl)c3)nc2c1)c1cccc(Cl)c1. The number of fused-ring (bicyclic) bond motifs is 1. The molecule has 29 heavy (non-hydrogen) atoms. The van der Waals surface area contributed by atoms with Gasteiger partial charge in [-0.05, 0) is 66.8 Å². The van der Waals surface area contributed by atoms with Gasteiger partial charge in [-0.2, -0.15) is 0 Å². The van der Waals surface area contributed by atoms with Crippen molar-refractivity contribution in [2.24, 2.45) is 0 Å². The molecule has 0 bridgehead atoms. The summed E-state index contributed by atoms with van der Waals surface area (Å²) in [6.07, 6.45) is 0. The minimum absolute atomic E-state index is 0.160. The molecule has 8 heteroatoms. The summed E-state index contributed by atoms with van der Waals surface area (Å²) in [5, 5.41) is 6.83. The molecule has 0 aliphatic rings. The van der Waals surface area contributed by atoms with E-state index in [0.717, 1.165) is 5.56 Å². The van der Waals surface area contributed by atoms with E-state index in [1.165, 1.54) is 0 Å². The Bertz CT molecular complexity index is 1240. The number of hydrogen-bond acceptors (Lipinski definition) is 4. The Kier molecular flexibility index (Phi) is 5.49. The second-order valence-electron chi connectivity index (χ2n) is 6.13. The Morgan fingerprint density at radius 3 is 2.48 bits per heavy atom. The zero-order valence-electron chi connectivity index (χ0n) is 14.8. The van der Waals surface area contributed by atoms with Gasteiger partial charge in [-0.15, -0.1) is 0 Å². The molecule has 0 unspecified atom stereocenters. The first kappa shape index (κ1) is 19.4. The van der Waals surface area contributed by atoms with E-state index in [4.69, 9.17) is 39.8 Å². The Hall–Kier alpha value is -2.93. The zero-order chi connectivity index (χ0) is 20.4. The monoisotopic (exact) mass is 441 g/mol. The molecule has 1 amide bonds. The average Bonchev–Trinajstić information content (AvgIpc) is 3.11. The lowest BCUT2D eigenvalue weighted by atomic mass is 10.2. The maximum atomic E-state index is 12.3. The van der Waals surface area contributed by atoms with Crippen LogP contribution in [0.4, 0.5) is 5.69 Å². The predicted octanol–water partition coefficient (Wildman–Crippen LogP) is 5.93. The second kappa shape index (κ2) is 8.21. The average molecular weight is 442 g/mol. The standard InChI is InChI=1S/C21H13Cl2N3O2S/c22-14-5-1-3-12(9-14)19(27)26-21(29)24-16-7-8-18-17(11-16)25-20(28-18)13-4-2-6-15(23)10-13/h1-11H,(H2,24,26,27,29). The predicted molar refractivity (Wildman–Crippen MR) is 120 cm³/mol. The summed E-state index contributed by atoms with van der Waals surface area (Å²) in [5.41, 5.74) is 3.14. The first-order valence-corrected chi connectivity index (χ1v) is 9.69. The summed E-state index contributed by atoms with van der Waals surface area (Å²) in [4.78, 5) is 16.8. The van der Waals surface area contributed by atoms with Crippen molar-refractivity contribution >= 4 is 63.2 Å². The highest BCUT2D eigenvalue weighted by Gasteiger charge is 2.11. The Morgan fingerprint density at radius 1 is 0.966 bits per heavy atom. The van der Waals surface area contributed by atoms with Crippen LogP contribution in [0.3, 0.4) is 0 Å². The smallest absolute Gasteiger partial charge is 0.257 e. The summed E-state index contributed by atoms with van der Waals surface area (Å²) < 4.78 is 5.79. The van der Waals surface area contributed by atoms with Gasteiger partial charge in [0.15, 0.2) is 10.7 Å². The molecule has 0 radical (unpaired) electrons. The van der Waals surface area contributed by atoms with Crippen molar-refractivity contribution in [2.45, 2.75) is 0 Å². The van der Waals surface area contributed by atoms with Gasteiger partial charge < -0.3 is 9.73 Å². The topological polar surface area (TPSA) is 67.2 Å². The fourth-order valence-corrected chi connectivity index (χ4v) is 3.31. The first-order chi connectivity index (χ1) is 14.0. The van der Waals surface area contributed by atoms with Gasteiger partial charge in [-0.25, -0.2) is 4.98 Å². The van der Waals surface area contributed by atoms with Gasteiger partial charge in [0.25, 0.3) is 5.91 Å². The third-order valence-corrected chi connectivity index (χ3v) is 4.71. The molecule has 0 aliphatic carbocycles. The summed E-state index contributed by atoms with van der Waals surface area (Å²) >= 11 is 17.2. The number of carbonyl (C=O) groups is 1. The van der Waals surface area contributed by atoms with Crippen molar-refractivity contribution in [1.29, 1.82) is 0 Å². The van der Waals surface area contributed by atoms with Gasteiger partial charge in [0.05, 0.1) is 0 Å². The van der Waals surface area contributed by atoms with Gasteiger partial charge in [0.1, 0.15) is 5.52 Å². The number of aromatic nitrogens is 1. The summed E-state index contributed by atoms with van der Waals surface area (Å²) in [6.45, 7) is 0. The van der Waals surface area contributed by atoms with E-state index in [0.29, 0.717) is 38.3 Å². The number of nitrogens with one attached hydrogen (secondary N) is 2. The molecule has 0 atom stereocenters. The van der Waals surface area contributed by atoms with Gasteiger partial charge in [-0.3, -0.25) is 10.1 Å². The number of anilines is 1. The molecule has 4 aromatic rings. The molecule has 5 nitrogen and oxygen atoms in total. The maximum absolute atomic E-state index is 12.3. The Morgan fingerprint density at radius 2 is 1.72 bits per heavy atom. The van der Waals surface area contributed by atoms with Crippen molar-refractivity contribution in [1.82, 2.24) is 10.3 Å². The van der Waals surface area contributed by atoms with Crippen LogP contribution < -0.4 is 10.6 Å². The molecule has 1 heterocycles. The van der Waals surface area contributed by atoms with E-state index in [1.54, 1.807) is 54.6 Å². The highest BCUT2D eigenvalue weighted by molar-refractivity contribution is 7.80. The van der Waals surface area contributed by atoms with Crippen molar-refractivity contribution in [2.75, 3.05) is 5.32 Å². The number of rotatable bonds is 3. The number of oxazole rings is 1. The highest BCUT2D eigenvalue weighted by Crippen LogP contribution is 2.27. The van der Waals surface area contributed by atoms with Crippen LogP contribution in [0.2, 0.25) is 10.0 Å². The van der Waals surface area contributed by atoms with Crippen molar-refractivity contribution < 1.29 is 9.21 Å².